The molecule has 121 heavy (non-hydrogen) atoms. The van der Waals surface area contributed by atoms with Gasteiger partial charge in [0.05, 0.1) is 61.9 Å². The molecule has 0 amide bonds. The van der Waals surface area contributed by atoms with Gasteiger partial charge in [-0.1, -0.05) is 349 Å². The average molecular weight is 1660 g/mol. The zero-order chi connectivity index (χ0) is 85.8. The van der Waals surface area contributed by atoms with Crippen molar-refractivity contribution in [3.63, 3.8) is 0 Å². The summed E-state index contributed by atoms with van der Waals surface area (Å²) in [6.45, 7) is 24.4. The molecule has 0 spiro atoms. The Morgan fingerprint density at radius 2 is 0.603 bits per heavy atom. The summed E-state index contributed by atoms with van der Waals surface area (Å²) in [4.78, 5) is 58.3. The molecule has 17 heteroatoms. The Hall–Kier alpha value is -7.94. The second-order valence-electron chi connectivity index (χ2n) is 35.4. The summed E-state index contributed by atoms with van der Waals surface area (Å²) in [5.74, 6) is 2.10. The van der Waals surface area contributed by atoms with E-state index in [0.717, 1.165) is 66.0 Å². The first-order valence-electron chi connectivity index (χ1n) is 45.5. The zero-order valence-electron chi connectivity index (χ0n) is 74.1. The van der Waals surface area contributed by atoms with Crippen molar-refractivity contribution >= 4 is 23.9 Å². The van der Waals surface area contributed by atoms with Crippen LogP contribution in [0.1, 0.15) is 256 Å². The number of carbonyl (C=O) groups excluding carboxylic acids is 4. The predicted octanol–water partition coefficient (Wildman–Crippen LogP) is 23.1. The van der Waals surface area contributed by atoms with Crippen molar-refractivity contribution in [1.29, 1.82) is 0 Å². The van der Waals surface area contributed by atoms with Gasteiger partial charge in [-0.25, -0.2) is 19.2 Å². The van der Waals surface area contributed by atoms with Crippen LogP contribution in [0.3, 0.4) is 0 Å². The molecule has 0 bridgehead atoms. The molecular weight excluding hydrogens is 1520 g/mol. The van der Waals surface area contributed by atoms with Gasteiger partial charge in [0.2, 0.25) is 0 Å². The van der Waals surface area contributed by atoms with Crippen molar-refractivity contribution < 1.29 is 80.8 Å². The Morgan fingerprint density at radius 1 is 0.289 bits per heavy atom. The van der Waals surface area contributed by atoms with Crippen LogP contribution in [0, 0.1) is 47.3 Å². The third kappa shape index (κ3) is 35.7. The SMILES string of the molecule is CC(C)CCC[C@@H](C)CCC[C@H](C)CCC[C@H](C)CCOC[C@@H](CO[C@H]1O[C@H](CO[C@@H]2O[C@H](COC(=O)c3ccccc3)[C@@H](OC(=O)c3ccccc3)[C@H](OC(=O)c3ccccc3)[C@H]2OC(=O)c2ccccc2)[C@@H](OCc2ccccc2)[C@H](OCc2ccccc2)[C@H]1OCc1ccccc1)OCC[C@@H](C)CCC[C@@H](C)CCC[C@H](C)CCCC(C)C. The molecule has 0 N–H and O–H groups in total. The minimum absolute atomic E-state index is 0.0287. The number of ether oxygens (including phenoxy) is 13. The van der Waals surface area contributed by atoms with Gasteiger partial charge < -0.3 is 61.6 Å². The highest BCUT2D eigenvalue weighted by atomic mass is 16.8. The van der Waals surface area contributed by atoms with Crippen LogP contribution in [0.2, 0.25) is 0 Å². The summed E-state index contributed by atoms with van der Waals surface area (Å²) in [6.07, 6.45) is 10.4. The van der Waals surface area contributed by atoms with E-state index in [4.69, 9.17) is 61.6 Å². The summed E-state index contributed by atoms with van der Waals surface area (Å²) in [7, 11) is 0. The summed E-state index contributed by atoms with van der Waals surface area (Å²) in [5, 5.41) is 0. The Bertz CT molecular complexity index is 3910. The maximum atomic E-state index is 14.9. The van der Waals surface area contributed by atoms with Crippen LogP contribution in [0.5, 0.6) is 0 Å². The minimum atomic E-state index is -1.72. The van der Waals surface area contributed by atoms with E-state index in [9.17, 15) is 19.2 Å². The second kappa shape index (κ2) is 54.6. The van der Waals surface area contributed by atoms with E-state index in [-0.39, 0.29) is 55.3 Å². The standard InChI is InChI=1S/C104H142O17/c1-75(2)38-32-40-77(5)42-34-44-79(7)46-36-48-81(9)64-66-109-71-90(110-67-65-82(10)49-37-47-80(8)45-35-43-78(6)41-33-39-76(3)4)72-115-103-97(113-70-85-54-22-13-23-55-85)95(112-69-84-52-20-12-21-53-84)93(111-68-83-50-18-11-19-51-83)91(117-103)74-116-104-98(121-102(108)89-62-30-17-31-63-89)96(120-101(107)88-60-28-16-29-61-88)94(119-100(106)87-58-26-15-27-59-87)92(118-104)73-114-99(105)86-56-24-14-25-57-86/h11-31,50-63,75-82,90-98,103-104H,32-49,64-74H2,1-10H3/t77-,78-,79+,80+,81+,82+,90+,91-,92-,93-,94-,95+,96+,97-,98-,103+,104-/m1/s1. The van der Waals surface area contributed by atoms with Crippen molar-refractivity contribution in [2.75, 3.05) is 39.6 Å². The quantitative estimate of drug-likeness (QED) is 0.0199. The van der Waals surface area contributed by atoms with Crippen molar-refractivity contribution in [2.45, 2.75) is 285 Å². The molecule has 2 fully saturated rings. The fourth-order valence-corrected chi connectivity index (χ4v) is 16.0. The average Bonchev–Trinajstić information content (AvgIpc) is 0.774. The van der Waals surface area contributed by atoms with Crippen LogP contribution in [0.4, 0.5) is 0 Å². The lowest BCUT2D eigenvalue weighted by Gasteiger charge is -2.47. The van der Waals surface area contributed by atoms with Crippen molar-refractivity contribution in [1.82, 2.24) is 0 Å². The molecule has 0 aromatic heterocycles. The van der Waals surface area contributed by atoms with Crippen molar-refractivity contribution in [2.24, 2.45) is 47.3 Å². The van der Waals surface area contributed by atoms with Crippen LogP contribution in [-0.2, 0) is 81.4 Å². The summed E-state index contributed by atoms with van der Waals surface area (Å²) >= 11 is 0. The molecule has 2 aliphatic heterocycles. The first-order valence-corrected chi connectivity index (χ1v) is 45.5. The van der Waals surface area contributed by atoms with Gasteiger partial charge in [0, 0.05) is 13.2 Å². The molecule has 660 valence electrons. The van der Waals surface area contributed by atoms with E-state index < -0.39 is 105 Å². The summed E-state index contributed by atoms with van der Waals surface area (Å²) < 4.78 is 89.5. The van der Waals surface area contributed by atoms with Gasteiger partial charge in [-0.15, -0.1) is 0 Å². The predicted molar refractivity (Wildman–Crippen MR) is 476 cm³/mol. The molecule has 0 radical (unpaired) electrons. The fourth-order valence-electron chi connectivity index (χ4n) is 16.0. The highest BCUT2D eigenvalue weighted by Gasteiger charge is 2.56. The van der Waals surface area contributed by atoms with Gasteiger partial charge in [0.1, 0.15) is 43.2 Å². The van der Waals surface area contributed by atoms with Gasteiger partial charge in [-0.3, -0.25) is 0 Å². The minimum Gasteiger partial charge on any atom is -0.459 e. The maximum absolute atomic E-state index is 14.9. The van der Waals surface area contributed by atoms with Crippen LogP contribution in [-0.4, -0.2) is 131 Å². The third-order valence-corrected chi connectivity index (χ3v) is 23.6. The monoisotopic (exact) mass is 1660 g/mol. The molecule has 0 aliphatic carbocycles. The molecule has 9 rings (SSSR count). The molecule has 17 atom stereocenters. The van der Waals surface area contributed by atoms with Crippen LogP contribution >= 0.6 is 0 Å². The molecule has 17 nitrogen and oxygen atoms in total. The highest BCUT2D eigenvalue weighted by molar-refractivity contribution is 5.91. The van der Waals surface area contributed by atoms with Gasteiger partial charge in [-0.05, 0) is 125 Å². The van der Waals surface area contributed by atoms with E-state index >= 15 is 0 Å². The number of hydrogen-bond acceptors (Lipinski definition) is 17. The van der Waals surface area contributed by atoms with Crippen LogP contribution in [0.15, 0.2) is 212 Å². The van der Waals surface area contributed by atoms with Gasteiger partial charge in [0.25, 0.3) is 0 Å². The van der Waals surface area contributed by atoms with E-state index in [0.29, 0.717) is 36.9 Å². The fraction of sp³-hybridized carbons (Fsp3) is 0.558. The highest BCUT2D eigenvalue weighted by Crippen LogP contribution is 2.37. The van der Waals surface area contributed by atoms with Crippen LogP contribution in [0.25, 0.3) is 0 Å². The normalized spacial score (nSPS) is 21.0. The van der Waals surface area contributed by atoms with Gasteiger partial charge in [0.15, 0.2) is 30.9 Å². The van der Waals surface area contributed by atoms with Gasteiger partial charge >= 0.3 is 23.9 Å². The van der Waals surface area contributed by atoms with Crippen molar-refractivity contribution in [3.05, 3.63) is 251 Å². The summed E-state index contributed by atoms with van der Waals surface area (Å²) in [6, 6.07) is 62.7. The zero-order valence-corrected chi connectivity index (χ0v) is 74.1. The number of carbonyl (C=O) groups is 4. The van der Waals surface area contributed by atoms with Crippen LogP contribution < -0.4 is 0 Å². The van der Waals surface area contributed by atoms with Crippen molar-refractivity contribution in [3.8, 4) is 0 Å². The molecule has 0 unspecified atom stereocenters. The Balaban J connectivity index is 1.02. The van der Waals surface area contributed by atoms with E-state index in [1.807, 2.05) is 91.0 Å². The number of hydrogen-bond donors (Lipinski definition) is 0. The summed E-state index contributed by atoms with van der Waals surface area (Å²) in [5.41, 5.74) is 3.28. The molecule has 0 saturated carbocycles. The lowest BCUT2D eigenvalue weighted by Crippen LogP contribution is -2.64. The smallest absolute Gasteiger partial charge is 0.338 e. The van der Waals surface area contributed by atoms with E-state index in [2.05, 4.69) is 69.2 Å². The first-order chi connectivity index (χ1) is 58.8. The topological polar surface area (TPSA) is 188 Å². The Labute approximate surface area is 724 Å². The third-order valence-electron chi connectivity index (χ3n) is 23.6. The second-order valence-corrected chi connectivity index (χ2v) is 35.4. The molecular formula is C104H142O17. The molecule has 7 aromatic rings. The number of rotatable bonds is 57. The van der Waals surface area contributed by atoms with E-state index in [1.54, 1.807) is 121 Å². The molecule has 2 saturated heterocycles. The lowest BCUT2D eigenvalue weighted by atomic mass is 9.91. The first kappa shape index (κ1) is 96.9. The Morgan fingerprint density at radius 3 is 1.00 bits per heavy atom. The lowest BCUT2D eigenvalue weighted by molar-refractivity contribution is -0.346. The number of esters is 4. The number of benzene rings is 7. The maximum Gasteiger partial charge on any atom is 0.338 e. The Kier molecular flexibility index (Phi) is 43.7. The van der Waals surface area contributed by atoms with Gasteiger partial charge in [-0.2, -0.15) is 0 Å². The molecule has 7 aromatic carbocycles. The molecule has 2 aliphatic rings. The largest absolute Gasteiger partial charge is 0.459 e. The van der Waals surface area contributed by atoms with E-state index in [1.165, 1.54) is 103 Å². The molecule has 2 heterocycles.